The van der Waals surface area contributed by atoms with Crippen LogP contribution in [0.3, 0.4) is 0 Å². The third kappa shape index (κ3) is 5.02. The minimum absolute atomic E-state index is 0.0222. The Kier molecular flexibility index (Phi) is 7.68. The lowest BCUT2D eigenvalue weighted by atomic mass is 10.0. The normalized spacial score (nSPS) is 16.4. The predicted octanol–water partition coefficient (Wildman–Crippen LogP) is 3.46. The second kappa shape index (κ2) is 11.3. The first kappa shape index (κ1) is 29.8. The summed E-state index contributed by atoms with van der Waals surface area (Å²) in [6.07, 6.45) is 2.49. The Bertz CT molecular complexity index is 1930. The van der Waals surface area contributed by atoms with E-state index in [0.29, 0.717) is 45.0 Å². The Morgan fingerprint density at radius 2 is 1.95 bits per heavy atom. The van der Waals surface area contributed by atoms with Crippen molar-refractivity contribution in [3.8, 4) is 16.9 Å². The maximum atomic E-state index is 15.5. The molecule has 0 radical (unpaired) electrons. The van der Waals surface area contributed by atoms with Gasteiger partial charge in [-0.1, -0.05) is 23.2 Å². The minimum atomic E-state index is -1.11. The molecular formula is C28H25Cl2F2N7O5. The molecule has 44 heavy (non-hydrogen) atoms. The number of morpholine rings is 1. The smallest absolute Gasteiger partial charge is 0.263 e. The lowest BCUT2D eigenvalue weighted by molar-refractivity contribution is -0.116. The Morgan fingerprint density at radius 1 is 1.18 bits per heavy atom. The highest BCUT2D eigenvalue weighted by molar-refractivity contribution is 6.34. The fraction of sp³-hybridized carbons (Fsp3) is 0.321. The van der Waals surface area contributed by atoms with E-state index in [1.54, 1.807) is 0 Å². The van der Waals surface area contributed by atoms with Crippen LogP contribution in [0.4, 0.5) is 20.3 Å². The fourth-order valence-corrected chi connectivity index (χ4v) is 5.94. The van der Waals surface area contributed by atoms with Gasteiger partial charge in [0.05, 0.1) is 35.9 Å². The van der Waals surface area contributed by atoms with Crippen molar-refractivity contribution in [3.05, 3.63) is 61.9 Å². The molecule has 5 heterocycles. The zero-order valence-electron chi connectivity index (χ0n) is 23.2. The van der Waals surface area contributed by atoms with E-state index in [2.05, 4.69) is 15.3 Å². The number of benzene rings is 1. The van der Waals surface area contributed by atoms with E-state index in [0.717, 1.165) is 6.07 Å². The van der Waals surface area contributed by atoms with Gasteiger partial charge in [-0.2, -0.15) is 4.39 Å². The zero-order valence-corrected chi connectivity index (χ0v) is 24.7. The van der Waals surface area contributed by atoms with E-state index in [9.17, 15) is 23.9 Å². The first-order valence-corrected chi connectivity index (χ1v) is 14.4. The summed E-state index contributed by atoms with van der Waals surface area (Å²) in [5, 5.41) is 11.6. The van der Waals surface area contributed by atoms with E-state index < -0.39 is 57.0 Å². The average molecular weight is 648 g/mol. The summed E-state index contributed by atoms with van der Waals surface area (Å²) >= 11 is 12.2. The molecule has 0 unspecified atom stereocenters. The van der Waals surface area contributed by atoms with E-state index in [1.165, 1.54) is 21.4 Å². The molecule has 12 nitrogen and oxygen atoms in total. The number of halogens is 4. The van der Waals surface area contributed by atoms with Gasteiger partial charge in [0.1, 0.15) is 39.6 Å². The molecule has 16 heteroatoms. The molecule has 1 aromatic carbocycles. The summed E-state index contributed by atoms with van der Waals surface area (Å²) in [5.41, 5.74) is 4.15. The van der Waals surface area contributed by atoms with Crippen molar-refractivity contribution in [1.82, 2.24) is 19.1 Å². The maximum Gasteiger partial charge on any atom is 0.263 e. The number of amides is 2. The number of hydrogen-bond acceptors (Lipinski definition) is 8. The van der Waals surface area contributed by atoms with Gasteiger partial charge in [0.15, 0.2) is 5.82 Å². The highest BCUT2D eigenvalue weighted by Crippen LogP contribution is 2.39. The van der Waals surface area contributed by atoms with Crippen LogP contribution in [0.25, 0.3) is 22.2 Å². The molecule has 0 spiro atoms. The van der Waals surface area contributed by atoms with Gasteiger partial charge in [0.25, 0.3) is 11.5 Å². The van der Waals surface area contributed by atoms with Crippen molar-refractivity contribution in [3.63, 3.8) is 0 Å². The van der Waals surface area contributed by atoms with Crippen LogP contribution in [0.2, 0.25) is 10.0 Å². The van der Waals surface area contributed by atoms with Gasteiger partial charge >= 0.3 is 0 Å². The zero-order chi connectivity index (χ0) is 31.4. The predicted molar refractivity (Wildman–Crippen MR) is 158 cm³/mol. The van der Waals surface area contributed by atoms with E-state index >= 15 is 4.39 Å². The number of pyridine rings is 1. The Balaban J connectivity index is 1.42. The van der Waals surface area contributed by atoms with E-state index in [1.807, 2.05) is 11.8 Å². The van der Waals surface area contributed by atoms with E-state index in [4.69, 9.17) is 33.7 Å². The number of phenols is 1. The van der Waals surface area contributed by atoms with Gasteiger partial charge in [-0.05, 0) is 19.4 Å². The SMILES string of the molecule is C[C@H]1COCCN1c1cc(NC(=O)Cn2cc(-c3cc(C(N)=O)c(O)c(Cl)c3F)c3c(=O)n4c(nc32)CCC4)c(Cl)c(F)n1. The number of anilines is 2. The number of fused-ring (bicyclic) bond motifs is 2. The molecule has 2 aliphatic heterocycles. The number of nitrogens with two attached hydrogens (primary N) is 1. The van der Waals surface area contributed by atoms with Crippen molar-refractivity contribution in [2.75, 3.05) is 30.0 Å². The van der Waals surface area contributed by atoms with Crippen molar-refractivity contribution < 1.29 is 28.2 Å². The third-order valence-corrected chi connectivity index (χ3v) is 8.43. The number of rotatable bonds is 6. The van der Waals surface area contributed by atoms with Gasteiger partial charge < -0.3 is 30.4 Å². The van der Waals surface area contributed by atoms with Gasteiger partial charge in [0, 0.05) is 42.9 Å². The number of carbonyl (C=O) groups is 2. The standard InChI is InChI=1S/C28H25Cl2F2N7O5/c1-12-11-44-6-5-38(12)18-8-16(21(29)25(32)35-18)34-19(40)10-37-9-15(13-7-14(26(33)42)24(41)22(30)23(13)31)20-27(37)36-17-3-2-4-39(17)28(20)43/h7-9,12,41H,2-6,10-11H2,1H3,(H2,33,42)(H,34,35,40)/t12-/m0/s1. The number of ether oxygens (including phenoxy) is 1. The molecule has 230 valence electrons. The number of carbonyl (C=O) groups excluding carboxylic acids is 2. The molecule has 1 atom stereocenters. The van der Waals surface area contributed by atoms with Crippen molar-refractivity contribution in [1.29, 1.82) is 0 Å². The molecule has 6 rings (SSSR count). The van der Waals surface area contributed by atoms with Gasteiger partial charge in [0.2, 0.25) is 11.9 Å². The summed E-state index contributed by atoms with van der Waals surface area (Å²) in [5.74, 6) is -3.90. The van der Waals surface area contributed by atoms with Crippen LogP contribution < -0.4 is 21.5 Å². The first-order valence-electron chi connectivity index (χ1n) is 13.6. The largest absolute Gasteiger partial charge is 0.505 e. The molecule has 0 bridgehead atoms. The number of nitrogens with one attached hydrogen (secondary N) is 1. The molecule has 4 aromatic rings. The third-order valence-electron chi connectivity index (χ3n) is 7.73. The van der Waals surface area contributed by atoms with E-state index in [-0.39, 0.29) is 39.7 Å². The molecule has 2 amide bonds. The summed E-state index contributed by atoms with van der Waals surface area (Å²) < 4.78 is 38.4. The molecule has 4 N–H and O–H groups in total. The molecule has 3 aromatic heterocycles. The van der Waals surface area contributed by atoms with Crippen molar-refractivity contribution in [2.45, 2.75) is 38.9 Å². The monoisotopic (exact) mass is 647 g/mol. The molecule has 2 aliphatic rings. The second-order valence-corrected chi connectivity index (χ2v) is 11.3. The van der Waals surface area contributed by atoms with Crippen LogP contribution in [-0.4, -0.2) is 61.8 Å². The molecule has 1 saturated heterocycles. The Morgan fingerprint density at radius 3 is 2.68 bits per heavy atom. The number of aromatic nitrogens is 4. The lowest BCUT2D eigenvalue weighted by Crippen LogP contribution is -2.44. The molecule has 0 aliphatic carbocycles. The van der Waals surface area contributed by atoms with Crippen LogP contribution in [0.15, 0.2) is 23.1 Å². The number of hydrogen-bond donors (Lipinski definition) is 3. The summed E-state index contributed by atoms with van der Waals surface area (Å²) in [4.78, 5) is 49.3. The Labute approximate surface area is 257 Å². The van der Waals surface area contributed by atoms with Crippen molar-refractivity contribution >= 4 is 57.6 Å². The highest BCUT2D eigenvalue weighted by Gasteiger charge is 2.28. The number of aryl methyl sites for hydroxylation is 1. The first-order chi connectivity index (χ1) is 21.0. The van der Waals surface area contributed by atoms with Crippen LogP contribution in [0, 0.1) is 11.8 Å². The average Bonchev–Trinajstić information content (AvgIpc) is 3.60. The van der Waals surface area contributed by atoms with Crippen molar-refractivity contribution in [2.24, 2.45) is 5.73 Å². The summed E-state index contributed by atoms with van der Waals surface area (Å²) in [6.45, 7) is 3.15. The lowest BCUT2D eigenvalue weighted by Gasteiger charge is -2.34. The topological polar surface area (TPSA) is 158 Å². The number of primary amides is 1. The Hall–Kier alpha value is -4.27. The maximum absolute atomic E-state index is 15.5. The highest BCUT2D eigenvalue weighted by atomic mass is 35.5. The number of aromatic hydroxyl groups is 1. The van der Waals surface area contributed by atoms with Crippen LogP contribution in [0.1, 0.15) is 29.5 Å². The van der Waals surface area contributed by atoms with Crippen LogP contribution in [-0.2, 0) is 29.0 Å². The summed E-state index contributed by atoms with van der Waals surface area (Å²) in [7, 11) is 0. The van der Waals surface area contributed by atoms with Gasteiger partial charge in [-0.3, -0.25) is 19.0 Å². The van der Waals surface area contributed by atoms with Crippen LogP contribution >= 0.6 is 23.2 Å². The number of nitrogens with zero attached hydrogens (tertiary/aromatic N) is 5. The molecule has 0 saturated carbocycles. The van der Waals surface area contributed by atoms with Crippen LogP contribution in [0.5, 0.6) is 5.75 Å². The summed E-state index contributed by atoms with van der Waals surface area (Å²) in [6, 6.07) is 2.35. The van der Waals surface area contributed by atoms with Gasteiger partial charge in [-0.25, -0.2) is 14.4 Å². The molecular weight excluding hydrogens is 623 g/mol. The second-order valence-electron chi connectivity index (χ2n) is 10.6. The fourth-order valence-electron chi connectivity index (χ4n) is 5.59. The van der Waals surface area contributed by atoms with Gasteiger partial charge in [-0.15, -0.1) is 0 Å². The molecule has 1 fully saturated rings. The quantitative estimate of drug-likeness (QED) is 0.269. The minimum Gasteiger partial charge on any atom is -0.505 e.